The molecule has 0 amide bonds. The Hall–Kier alpha value is -1.72. The molecule has 10 heavy (non-hydrogen) atoms. The van der Waals surface area contributed by atoms with Crippen molar-refractivity contribution in [3.8, 4) is 0 Å². The van der Waals surface area contributed by atoms with Crippen LogP contribution in [0.2, 0.25) is 0 Å². The monoisotopic (exact) mass is 142 g/mol. The zero-order valence-corrected chi connectivity index (χ0v) is 4.96. The number of anilines is 2. The first kappa shape index (κ1) is 6.40. The van der Waals surface area contributed by atoms with E-state index in [2.05, 4.69) is 10.2 Å². The van der Waals surface area contributed by atoms with Gasteiger partial charge in [-0.3, -0.25) is 5.10 Å². The summed E-state index contributed by atoms with van der Waals surface area (Å²) in [5, 5.41) is 13.9. The minimum Gasteiger partial charge on any atom is -0.476 e. The maximum Gasteiger partial charge on any atom is 0.356 e. The highest BCUT2D eigenvalue weighted by molar-refractivity contribution is 5.93. The van der Waals surface area contributed by atoms with E-state index in [4.69, 9.17) is 16.6 Å². The Bertz CT molecular complexity index is 266. The van der Waals surface area contributed by atoms with Crippen molar-refractivity contribution in [2.45, 2.75) is 0 Å². The van der Waals surface area contributed by atoms with Gasteiger partial charge in [0, 0.05) is 0 Å². The summed E-state index contributed by atoms with van der Waals surface area (Å²) in [6.45, 7) is 0. The Morgan fingerprint density at radius 3 is 2.40 bits per heavy atom. The summed E-state index contributed by atoms with van der Waals surface area (Å²) in [6.07, 6.45) is 0. The third-order valence-electron chi connectivity index (χ3n) is 1.05. The second kappa shape index (κ2) is 1.90. The molecule has 1 aromatic heterocycles. The molecule has 0 radical (unpaired) electrons. The number of carboxylic acid groups (broad SMARTS) is 1. The van der Waals surface area contributed by atoms with Crippen molar-refractivity contribution in [2.75, 3.05) is 11.5 Å². The summed E-state index contributed by atoms with van der Waals surface area (Å²) < 4.78 is 0. The van der Waals surface area contributed by atoms with Gasteiger partial charge in [-0.15, -0.1) is 0 Å². The van der Waals surface area contributed by atoms with E-state index in [1.807, 2.05) is 0 Å². The summed E-state index contributed by atoms with van der Waals surface area (Å²) in [5.74, 6) is -1.15. The quantitative estimate of drug-likeness (QED) is 0.412. The fourth-order valence-corrected chi connectivity index (χ4v) is 0.528. The van der Waals surface area contributed by atoms with E-state index in [1.54, 1.807) is 0 Å². The summed E-state index contributed by atoms with van der Waals surface area (Å²) in [7, 11) is 0. The number of carbonyl (C=O) groups is 1. The molecule has 0 aliphatic heterocycles. The molecular formula is C4H6N4O2. The average molecular weight is 142 g/mol. The Morgan fingerprint density at radius 1 is 1.60 bits per heavy atom. The Balaban J connectivity index is 3.17. The maximum atomic E-state index is 10.2. The number of aromatic nitrogens is 2. The van der Waals surface area contributed by atoms with Crippen LogP contribution in [0.4, 0.5) is 11.5 Å². The lowest BCUT2D eigenvalue weighted by atomic mass is 10.4. The van der Waals surface area contributed by atoms with Crippen LogP contribution in [0.25, 0.3) is 0 Å². The minimum atomic E-state index is -1.17. The normalized spacial score (nSPS) is 9.60. The lowest BCUT2D eigenvalue weighted by Crippen LogP contribution is -2.01. The number of aromatic carboxylic acids is 1. The van der Waals surface area contributed by atoms with Crippen LogP contribution in [0.5, 0.6) is 0 Å². The zero-order chi connectivity index (χ0) is 7.72. The van der Waals surface area contributed by atoms with Crippen molar-refractivity contribution < 1.29 is 9.90 Å². The van der Waals surface area contributed by atoms with Crippen LogP contribution in [-0.4, -0.2) is 21.3 Å². The lowest BCUT2D eigenvalue weighted by molar-refractivity contribution is 0.0691. The molecule has 0 unspecified atom stereocenters. The first-order valence-electron chi connectivity index (χ1n) is 2.45. The molecular weight excluding hydrogens is 136 g/mol. The van der Waals surface area contributed by atoms with E-state index < -0.39 is 5.97 Å². The van der Waals surface area contributed by atoms with Gasteiger partial charge in [0.2, 0.25) is 0 Å². The van der Waals surface area contributed by atoms with E-state index in [-0.39, 0.29) is 17.2 Å². The molecule has 0 saturated heterocycles. The molecule has 6 nitrogen and oxygen atoms in total. The van der Waals surface area contributed by atoms with Crippen LogP contribution >= 0.6 is 0 Å². The van der Waals surface area contributed by atoms with Crippen molar-refractivity contribution in [1.29, 1.82) is 0 Å². The molecule has 0 aliphatic rings. The first-order chi connectivity index (χ1) is 4.63. The topological polar surface area (TPSA) is 118 Å². The van der Waals surface area contributed by atoms with E-state index in [1.165, 1.54) is 0 Å². The second-order valence-electron chi connectivity index (χ2n) is 1.70. The van der Waals surface area contributed by atoms with Crippen molar-refractivity contribution in [2.24, 2.45) is 0 Å². The Morgan fingerprint density at radius 2 is 2.20 bits per heavy atom. The third-order valence-corrected chi connectivity index (χ3v) is 1.05. The highest BCUT2D eigenvalue weighted by atomic mass is 16.4. The highest BCUT2D eigenvalue weighted by Crippen LogP contribution is 2.14. The molecule has 1 heterocycles. The molecule has 0 aromatic carbocycles. The number of nitrogens with two attached hydrogens (primary N) is 2. The largest absolute Gasteiger partial charge is 0.476 e. The summed E-state index contributed by atoms with van der Waals surface area (Å²) >= 11 is 0. The van der Waals surface area contributed by atoms with Gasteiger partial charge >= 0.3 is 5.97 Å². The van der Waals surface area contributed by atoms with E-state index in [0.29, 0.717) is 0 Å². The fourth-order valence-electron chi connectivity index (χ4n) is 0.528. The van der Waals surface area contributed by atoms with Gasteiger partial charge in [0.05, 0.1) is 0 Å². The van der Waals surface area contributed by atoms with Gasteiger partial charge in [0.1, 0.15) is 5.69 Å². The van der Waals surface area contributed by atoms with Crippen LogP contribution in [0.1, 0.15) is 10.5 Å². The summed E-state index contributed by atoms with van der Waals surface area (Å²) in [5.41, 5.74) is 10.2. The van der Waals surface area contributed by atoms with Gasteiger partial charge in [-0.05, 0) is 0 Å². The van der Waals surface area contributed by atoms with Crippen LogP contribution in [0, 0.1) is 0 Å². The van der Waals surface area contributed by atoms with E-state index in [9.17, 15) is 4.79 Å². The van der Waals surface area contributed by atoms with Crippen LogP contribution in [-0.2, 0) is 0 Å². The Labute approximate surface area is 55.8 Å². The van der Waals surface area contributed by atoms with Crippen molar-refractivity contribution in [1.82, 2.24) is 10.2 Å². The van der Waals surface area contributed by atoms with E-state index >= 15 is 0 Å². The van der Waals surface area contributed by atoms with Crippen molar-refractivity contribution in [3.63, 3.8) is 0 Å². The minimum absolute atomic E-state index is 0.0115. The number of nitrogens with zero attached hydrogens (tertiary/aromatic N) is 1. The number of H-pyrrole nitrogens is 1. The van der Waals surface area contributed by atoms with Gasteiger partial charge < -0.3 is 16.6 Å². The summed E-state index contributed by atoms with van der Waals surface area (Å²) in [6, 6.07) is 0. The van der Waals surface area contributed by atoms with Gasteiger partial charge in [0.15, 0.2) is 11.5 Å². The number of carboxylic acids is 1. The van der Waals surface area contributed by atoms with E-state index in [0.717, 1.165) is 0 Å². The molecule has 0 fully saturated rings. The number of aromatic amines is 1. The molecule has 1 aromatic rings. The molecule has 0 bridgehead atoms. The number of nitrogens with one attached hydrogen (secondary N) is 1. The molecule has 0 saturated carbocycles. The number of hydrogen-bond acceptors (Lipinski definition) is 4. The molecule has 0 aliphatic carbocycles. The van der Waals surface area contributed by atoms with Crippen LogP contribution in [0.15, 0.2) is 0 Å². The molecule has 6 heteroatoms. The highest BCUT2D eigenvalue weighted by Gasteiger charge is 2.12. The lowest BCUT2D eigenvalue weighted by Gasteiger charge is -1.88. The fraction of sp³-hybridized carbons (Fsp3) is 0. The average Bonchev–Trinajstić information content (AvgIpc) is 2.14. The second-order valence-corrected chi connectivity index (χ2v) is 1.70. The van der Waals surface area contributed by atoms with Gasteiger partial charge in [0.25, 0.3) is 0 Å². The Kier molecular flexibility index (Phi) is 1.22. The predicted octanol–water partition coefficient (Wildman–Crippen LogP) is -0.728. The SMILES string of the molecule is Nc1n[nH]c(C(=O)O)c1N. The van der Waals surface area contributed by atoms with Crippen molar-refractivity contribution >= 4 is 17.5 Å². The molecule has 0 spiro atoms. The van der Waals surface area contributed by atoms with Crippen LogP contribution < -0.4 is 11.5 Å². The number of hydrogen-bond donors (Lipinski definition) is 4. The first-order valence-corrected chi connectivity index (χ1v) is 2.45. The van der Waals surface area contributed by atoms with Gasteiger partial charge in [-0.2, -0.15) is 5.10 Å². The van der Waals surface area contributed by atoms with Crippen molar-refractivity contribution in [3.05, 3.63) is 5.69 Å². The molecule has 1 rings (SSSR count). The zero-order valence-electron chi connectivity index (χ0n) is 4.96. The molecule has 6 N–H and O–H groups in total. The smallest absolute Gasteiger partial charge is 0.356 e. The maximum absolute atomic E-state index is 10.2. The predicted molar refractivity (Wildman–Crippen MR) is 34.4 cm³/mol. The third kappa shape index (κ3) is 0.750. The molecule has 54 valence electrons. The van der Waals surface area contributed by atoms with Crippen LogP contribution in [0.3, 0.4) is 0 Å². The number of nitrogen functional groups attached to an aromatic ring is 2. The van der Waals surface area contributed by atoms with Gasteiger partial charge in [-0.25, -0.2) is 4.79 Å². The number of rotatable bonds is 1. The van der Waals surface area contributed by atoms with Gasteiger partial charge in [-0.1, -0.05) is 0 Å². The summed E-state index contributed by atoms with van der Waals surface area (Å²) in [4.78, 5) is 10.2. The standard InChI is InChI=1S/C4H6N4O2/c5-1-2(4(9)10)7-8-3(1)6/h5H2,(H,9,10)(H3,6,7,8). The molecule has 0 atom stereocenters.